The fourth-order valence-electron chi connectivity index (χ4n) is 3.40. The molecule has 0 radical (unpaired) electrons. The van der Waals surface area contributed by atoms with Gasteiger partial charge >= 0.3 is 0 Å². The number of amides is 1. The quantitative estimate of drug-likeness (QED) is 0.699. The first-order valence-corrected chi connectivity index (χ1v) is 9.62. The summed E-state index contributed by atoms with van der Waals surface area (Å²) in [7, 11) is 0. The molecule has 0 saturated heterocycles. The van der Waals surface area contributed by atoms with Gasteiger partial charge in [0.05, 0.1) is 11.6 Å². The number of halogens is 2. The van der Waals surface area contributed by atoms with E-state index in [0.29, 0.717) is 28.4 Å². The minimum atomic E-state index is -1.90. The Hall–Kier alpha value is -1.69. The number of hydrogen-bond acceptors (Lipinski definition) is 3. The molecule has 0 aliphatic carbocycles. The summed E-state index contributed by atoms with van der Waals surface area (Å²) in [5.41, 5.74) is -0.377. The molecule has 1 amide bonds. The van der Waals surface area contributed by atoms with Crippen molar-refractivity contribution in [3.63, 3.8) is 0 Å². The molecule has 0 spiro atoms. The van der Waals surface area contributed by atoms with Crippen LogP contribution in [0.3, 0.4) is 0 Å². The first-order valence-electron chi connectivity index (χ1n) is 8.44. The Kier molecular flexibility index (Phi) is 5.24. The molecule has 0 bridgehead atoms. The topological polar surface area (TPSA) is 57.6 Å². The lowest BCUT2D eigenvalue weighted by Gasteiger charge is -2.28. The van der Waals surface area contributed by atoms with Crippen LogP contribution < -0.4 is 4.90 Å². The van der Waals surface area contributed by atoms with Crippen molar-refractivity contribution in [2.75, 3.05) is 11.4 Å². The molecular weight excluding hydrogens is 418 g/mol. The lowest BCUT2D eigenvalue weighted by molar-refractivity contribution is -0.139. The molecule has 1 aliphatic rings. The van der Waals surface area contributed by atoms with E-state index < -0.39 is 17.4 Å². The highest BCUT2D eigenvalue weighted by Crippen LogP contribution is 2.46. The van der Waals surface area contributed by atoms with E-state index in [-0.39, 0.29) is 5.78 Å². The van der Waals surface area contributed by atoms with Gasteiger partial charge in [-0.1, -0.05) is 41.4 Å². The van der Waals surface area contributed by atoms with Gasteiger partial charge in [-0.05, 0) is 48.9 Å². The summed E-state index contributed by atoms with van der Waals surface area (Å²) in [4.78, 5) is 27.6. The Balaban J connectivity index is 2.07. The zero-order valence-corrected chi connectivity index (χ0v) is 16.8. The number of aliphatic hydroxyl groups is 1. The Morgan fingerprint density at radius 1 is 1.27 bits per heavy atom. The summed E-state index contributed by atoms with van der Waals surface area (Å²) in [6, 6.07) is 11.8. The molecule has 2 aromatic rings. The molecule has 1 N–H and O–H groups in total. The molecule has 0 saturated carbocycles. The third kappa shape index (κ3) is 2.98. The smallest absolute Gasteiger partial charge is 0.264 e. The van der Waals surface area contributed by atoms with Crippen LogP contribution in [0.25, 0.3) is 0 Å². The summed E-state index contributed by atoms with van der Waals surface area (Å²) in [6.45, 7) is 4.04. The molecule has 4 nitrogen and oxygen atoms in total. The van der Waals surface area contributed by atoms with Crippen LogP contribution in [-0.2, 0) is 10.4 Å². The number of fused-ring (bicyclic) bond motifs is 1. The fraction of sp³-hybridized carbons (Fsp3) is 0.300. The van der Waals surface area contributed by atoms with E-state index in [4.69, 9.17) is 11.6 Å². The van der Waals surface area contributed by atoms with Gasteiger partial charge in [-0.25, -0.2) is 0 Å². The van der Waals surface area contributed by atoms with Crippen molar-refractivity contribution in [3.8, 4) is 0 Å². The number of rotatable bonds is 5. The van der Waals surface area contributed by atoms with Crippen LogP contribution in [0.5, 0.6) is 0 Å². The van der Waals surface area contributed by atoms with E-state index in [1.165, 1.54) is 0 Å². The molecule has 2 aromatic carbocycles. The summed E-state index contributed by atoms with van der Waals surface area (Å²) >= 11 is 9.28. The Labute approximate surface area is 165 Å². The molecule has 26 heavy (non-hydrogen) atoms. The molecule has 0 aromatic heterocycles. The second-order valence-corrected chi connectivity index (χ2v) is 7.83. The van der Waals surface area contributed by atoms with Gasteiger partial charge in [-0.15, -0.1) is 0 Å². The monoisotopic (exact) mass is 435 g/mol. The van der Waals surface area contributed by atoms with Crippen LogP contribution in [-0.4, -0.2) is 23.3 Å². The van der Waals surface area contributed by atoms with Gasteiger partial charge < -0.3 is 10.0 Å². The van der Waals surface area contributed by atoms with Crippen LogP contribution in [0, 0.1) is 5.92 Å². The molecule has 0 unspecified atom stereocenters. The average molecular weight is 437 g/mol. The van der Waals surface area contributed by atoms with Gasteiger partial charge in [0.25, 0.3) is 5.91 Å². The standard InChI is InChI=1S/C20H19BrClNO3/c1-3-10-23-17-9-6-14(21)11-16(17)20(26,19(23)25)12(2)18(24)13-4-7-15(22)8-5-13/h4-9,11-12,26H,3,10H2,1-2H3/t12-,20+/m0/s1. The van der Waals surface area contributed by atoms with Crippen molar-refractivity contribution in [2.24, 2.45) is 5.92 Å². The minimum Gasteiger partial charge on any atom is -0.375 e. The van der Waals surface area contributed by atoms with Gasteiger partial charge in [0.1, 0.15) is 0 Å². The van der Waals surface area contributed by atoms with Crippen LogP contribution in [0.1, 0.15) is 36.2 Å². The van der Waals surface area contributed by atoms with Crippen molar-refractivity contribution in [1.82, 2.24) is 0 Å². The Bertz CT molecular complexity index is 868. The van der Waals surface area contributed by atoms with Crippen molar-refractivity contribution in [3.05, 3.63) is 63.1 Å². The van der Waals surface area contributed by atoms with Crippen molar-refractivity contribution >= 4 is 44.9 Å². The molecular formula is C20H19BrClNO3. The van der Waals surface area contributed by atoms with Gasteiger partial charge in [-0.3, -0.25) is 9.59 Å². The predicted octanol–water partition coefficient (Wildman–Crippen LogP) is 4.57. The lowest BCUT2D eigenvalue weighted by atomic mass is 9.79. The van der Waals surface area contributed by atoms with E-state index in [0.717, 1.165) is 10.9 Å². The van der Waals surface area contributed by atoms with E-state index in [1.54, 1.807) is 48.2 Å². The molecule has 3 rings (SSSR count). The third-order valence-corrected chi connectivity index (χ3v) is 5.57. The summed E-state index contributed by atoms with van der Waals surface area (Å²) < 4.78 is 0.743. The van der Waals surface area contributed by atoms with Crippen molar-refractivity contribution < 1.29 is 14.7 Å². The zero-order chi connectivity index (χ0) is 19.1. The van der Waals surface area contributed by atoms with E-state index >= 15 is 0 Å². The maximum Gasteiger partial charge on any atom is 0.264 e. The number of nitrogens with zero attached hydrogens (tertiary/aromatic N) is 1. The van der Waals surface area contributed by atoms with Crippen LogP contribution in [0.2, 0.25) is 5.02 Å². The SMILES string of the molecule is CCCN1C(=O)[C@@](O)([C@@H](C)C(=O)c2ccc(Cl)cc2)c2cc(Br)ccc21. The highest BCUT2D eigenvalue weighted by atomic mass is 79.9. The van der Waals surface area contributed by atoms with Crippen molar-refractivity contribution in [2.45, 2.75) is 25.9 Å². The number of ketones is 1. The first kappa shape index (κ1) is 19.1. The number of anilines is 1. The predicted molar refractivity (Wildman–Crippen MR) is 106 cm³/mol. The Morgan fingerprint density at radius 2 is 1.92 bits per heavy atom. The molecule has 136 valence electrons. The lowest BCUT2D eigenvalue weighted by Crippen LogP contribution is -2.47. The van der Waals surface area contributed by atoms with Gasteiger partial charge in [0.15, 0.2) is 11.4 Å². The molecule has 0 fully saturated rings. The number of carbonyl (C=O) groups excluding carboxylic acids is 2. The van der Waals surface area contributed by atoms with Crippen molar-refractivity contribution in [1.29, 1.82) is 0 Å². The number of benzene rings is 2. The summed E-state index contributed by atoms with van der Waals surface area (Å²) in [5, 5.41) is 12.0. The normalized spacial score (nSPS) is 20.2. The van der Waals surface area contributed by atoms with Crippen LogP contribution in [0.4, 0.5) is 5.69 Å². The largest absolute Gasteiger partial charge is 0.375 e. The van der Waals surface area contributed by atoms with Gasteiger partial charge in [0.2, 0.25) is 0 Å². The maximum absolute atomic E-state index is 13.1. The van der Waals surface area contributed by atoms with Gasteiger partial charge in [-0.2, -0.15) is 0 Å². The van der Waals surface area contributed by atoms with Crippen LogP contribution in [0.15, 0.2) is 46.9 Å². The summed E-state index contributed by atoms with van der Waals surface area (Å²) in [6.07, 6.45) is 0.747. The van der Waals surface area contributed by atoms with Crippen LogP contribution >= 0.6 is 27.5 Å². The second kappa shape index (κ2) is 7.14. The van der Waals surface area contributed by atoms with E-state index in [2.05, 4.69) is 15.9 Å². The number of hydrogen-bond donors (Lipinski definition) is 1. The first-order chi connectivity index (χ1) is 12.3. The molecule has 6 heteroatoms. The highest BCUT2D eigenvalue weighted by Gasteiger charge is 2.55. The molecule has 1 aliphatic heterocycles. The van der Waals surface area contributed by atoms with E-state index in [1.807, 2.05) is 13.0 Å². The molecule has 1 heterocycles. The zero-order valence-electron chi connectivity index (χ0n) is 14.5. The highest BCUT2D eigenvalue weighted by molar-refractivity contribution is 9.10. The Morgan fingerprint density at radius 3 is 2.54 bits per heavy atom. The van der Waals surface area contributed by atoms with Gasteiger partial charge in [0, 0.05) is 27.2 Å². The maximum atomic E-state index is 13.1. The number of Topliss-reactive ketones (excluding diaryl/α,β-unsaturated/α-hetero) is 1. The fourth-order valence-corrected chi connectivity index (χ4v) is 3.88. The number of carbonyl (C=O) groups is 2. The second-order valence-electron chi connectivity index (χ2n) is 6.48. The van der Waals surface area contributed by atoms with E-state index in [9.17, 15) is 14.7 Å². The minimum absolute atomic E-state index is 0.304. The molecule has 2 atom stereocenters. The summed E-state index contributed by atoms with van der Waals surface area (Å²) in [5.74, 6) is -1.70. The average Bonchev–Trinajstić information content (AvgIpc) is 2.84. The third-order valence-electron chi connectivity index (χ3n) is 4.83.